The molecule has 5 heteroatoms. The number of primary amides is 1. The van der Waals surface area contributed by atoms with Crippen LogP contribution in [0.25, 0.3) is 0 Å². The van der Waals surface area contributed by atoms with Gasteiger partial charge in [0.2, 0.25) is 5.91 Å². The summed E-state index contributed by atoms with van der Waals surface area (Å²) in [6, 6.07) is 7.81. The predicted octanol–water partition coefficient (Wildman–Crippen LogP) is 1.25. The van der Waals surface area contributed by atoms with Gasteiger partial charge in [0.15, 0.2) is 0 Å². The molecule has 2 atom stereocenters. The molecular formula is C12H18BrN3O. The van der Waals surface area contributed by atoms with Gasteiger partial charge in [-0.05, 0) is 31.7 Å². The Balaban J connectivity index is 2.92. The maximum Gasteiger partial charge on any atom is 0.231 e. The van der Waals surface area contributed by atoms with Crippen molar-refractivity contribution in [3.8, 4) is 0 Å². The topological polar surface area (TPSA) is 72.3 Å². The summed E-state index contributed by atoms with van der Waals surface area (Å²) in [6.07, 6.45) is 0. The van der Waals surface area contributed by atoms with Gasteiger partial charge in [0.1, 0.15) is 0 Å². The second-order valence-corrected chi connectivity index (χ2v) is 5.15. The summed E-state index contributed by atoms with van der Waals surface area (Å²) in [6.45, 7) is 2.12. The van der Waals surface area contributed by atoms with Crippen molar-refractivity contribution in [3.05, 3.63) is 34.3 Å². The average Bonchev–Trinajstić information content (AvgIpc) is 2.19. The highest BCUT2D eigenvalue weighted by Crippen LogP contribution is 2.23. The summed E-state index contributed by atoms with van der Waals surface area (Å²) >= 11 is 3.39. The number of carbonyl (C=O) groups is 1. The van der Waals surface area contributed by atoms with Gasteiger partial charge < -0.3 is 11.5 Å². The van der Waals surface area contributed by atoms with E-state index in [-0.39, 0.29) is 24.5 Å². The van der Waals surface area contributed by atoms with E-state index in [0.29, 0.717) is 0 Å². The number of nitrogens with two attached hydrogens (primary N) is 2. The minimum atomic E-state index is -0.352. The van der Waals surface area contributed by atoms with E-state index in [0.717, 1.165) is 10.0 Å². The van der Waals surface area contributed by atoms with Gasteiger partial charge in [0.25, 0.3) is 0 Å². The van der Waals surface area contributed by atoms with Crippen LogP contribution in [0.1, 0.15) is 18.5 Å². The highest BCUT2D eigenvalue weighted by molar-refractivity contribution is 9.10. The number of likely N-dealkylation sites (N-methyl/N-ethyl adjacent to an activating group) is 1. The van der Waals surface area contributed by atoms with Crippen molar-refractivity contribution in [2.75, 3.05) is 13.6 Å². The summed E-state index contributed by atoms with van der Waals surface area (Å²) < 4.78 is 1.02. The Kier molecular flexibility index (Phi) is 5.11. The molecule has 2 unspecified atom stereocenters. The number of carbonyl (C=O) groups excluding carboxylic acids is 1. The molecule has 4 nitrogen and oxygen atoms in total. The molecule has 0 saturated heterocycles. The monoisotopic (exact) mass is 299 g/mol. The molecule has 0 aromatic heterocycles. The molecule has 0 fully saturated rings. The first kappa shape index (κ1) is 14.2. The Hall–Kier alpha value is -0.910. The van der Waals surface area contributed by atoms with E-state index in [1.807, 2.05) is 43.1 Å². The molecule has 1 amide bonds. The lowest BCUT2D eigenvalue weighted by molar-refractivity contribution is -0.119. The molecule has 0 aliphatic rings. The van der Waals surface area contributed by atoms with Gasteiger partial charge in [-0.25, -0.2) is 0 Å². The fourth-order valence-corrected chi connectivity index (χ4v) is 2.23. The van der Waals surface area contributed by atoms with Crippen LogP contribution in [0.2, 0.25) is 0 Å². The summed E-state index contributed by atoms with van der Waals surface area (Å²) in [4.78, 5) is 12.8. The SMILES string of the molecule is CC(N)C(c1ccc(Br)cc1)N(C)CC(N)=O. The fraction of sp³-hybridized carbons (Fsp3) is 0.417. The fourth-order valence-electron chi connectivity index (χ4n) is 1.96. The summed E-state index contributed by atoms with van der Waals surface area (Å²) in [5, 5.41) is 0. The van der Waals surface area contributed by atoms with Gasteiger partial charge in [-0.15, -0.1) is 0 Å². The lowest BCUT2D eigenvalue weighted by Gasteiger charge is -2.30. The van der Waals surface area contributed by atoms with Crippen molar-refractivity contribution in [1.82, 2.24) is 4.90 Å². The van der Waals surface area contributed by atoms with Crippen molar-refractivity contribution < 1.29 is 4.79 Å². The third-order valence-corrected chi connectivity index (χ3v) is 3.12. The van der Waals surface area contributed by atoms with Crippen LogP contribution in [0.3, 0.4) is 0 Å². The van der Waals surface area contributed by atoms with E-state index >= 15 is 0 Å². The van der Waals surface area contributed by atoms with Crippen LogP contribution >= 0.6 is 15.9 Å². The lowest BCUT2D eigenvalue weighted by Crippen LogP contribution is -2.41. The van der Waals surface area contributed by atoms with Crippen LogP contribution in [0.5, 0.6) is 0 Å². The Morgan fingerprint density at radius 1 is 1.41 bits per heavy atom. The van der Waals surface area contributed by atoms with E-state index in [2.05, 4.69) is 15.9 Å². The molecule has 0 aliphatic carbocycles. The zero-order valence-electron chi connectivity index (χ0n) is 10.1. The number of amides is 1. The molecule has 4 N–H and O–H groups in total. The quantitative estimate of drug-likeness (QED) is 0.859. The lowest BCUT2D eigenvalue weighted by atomic mass is 10.00. The molecule has 0 spiro atoms. The highest BCUT2D eigenvalue weighted by Gasteiger charge is 2.22. The van der Waals surface area contributed by atoms with Crippen molar-refractivity contribution >= 4 is 21.8 Å². The first-order valence-corrected chi connectivity index (χ1v) is 6.20. The Bertz CT molecular complexity index is 378. The molecule has 0 bridgehead atoms. The summed E-state index contributed by atoms with van der Waals surface area (Å²) in [5.74, 6) is -0.352. The normalized spacial score (nSPS) is 14.6. The predicted molar refractivity (Wildman–Crippen MR) is 72.4 cm³/mol. The van der Waals surface area contributed by atoms with E-state index < -0.39 is 0 Å². The molecular weight excluding hydrogens is 282 g/mol. The zero-order valence-corrected chi connectivity index (χ0v) is 11.6. The van der Waals surface area contributed by atoms with Gasteiger partial charge >= 0.3 is 0 Å². The third kappa shape index (κ3) is 4.11. The van der Waals surface area contributed by atoms with E-state index in [1.165, 1.54) is 0 Å². The summed E-state index contributed by atoms with van der Waals surface area (Å²) in [7, 11) is 1.85. The summed E-state index contributed by atoms with van der Waals surface area (Å²) in [5.41, 5.74) is 12.3. The average molecular weight is 300 g/mol. The molecule has 17 heavy (non-hydrogen) atoms. The second-order valence-electron chi connectivity index (χ2n) is 4.24. The van der Waals surface area contributed by atoms with Crippen molar-refractivity contribution in [2.45, 2.75) is 19.0 Å². The molecule has 1 rings (SSSR count). The third-order valence-electron chi connectivity index (χ3n) is 2.59. The molecule has 0 saturated carbocycles. The standard InChI is InChI=1S/C12H18BrN3O/c1-8(14)12(16(2)7-11(15)17)9-3-5-10(13)6-4-9/h3-6,8,12H,7,14H2,1-2H3,(H2,15,17). The van der Waals surface area contributed by atoms with E-state index in [9.17, 15) is 4.79 Å². The maximum atomic E-state index is 11.0. The number of hydrogen-bond acceptors (Lipinski definition) is 3. The largest absolute Gasteiger partial charge is 0.369 e. The minimum absolute atomic E-state index is 0.0180. The smallest absolute Gasteiger partial charge is 0.231 e. The highest BCUT2D eigenvalue weighted by atomic mass is 79.9. The van der Waals surface area contributed by atoms with Crippen LogP contribution in [-0.4, -0.2) is 30.4 Å². The van der Waals surface area contributed by atoms with Crippen LogP contribution in [-0.2, 0) is 4.79 Å². The van der Waals surface area contributed by atoms with Crippen LogP contribution in [0.4, 0.5) is 0 Å². The van der Waals surface area contributed by atoms with Crippen molar-refractivity contribution in [2.24, 2.45) is 11.5 Å². The Morgan fingerprint density at radius 2 is 1.94 bits per heavy atom. The van der Waals surface area contributed by atoms with Crippen molar-refractivity contribution in [3.63, 3.8) is 0 Å². The molecule has 94 valence electrons. The molecule has 1 aromatic rings. The molecule has 1 aromatic carbocycles. The van der Waals surface area contributed by atoms with E-state index in [1.54, 1.807) is 0 Å². The molecule has 0 aliphatic heterocycles. The van der Waals surface area contributed by atoms with Crippen LogP contribution in [0.15, 0.2) is 28.7 Å². The van der Waals surface area contributed by atoms with Crippen LogP contribution in [0, 0.1) is 0 Å². The number of benzene rings is 1. The van der Waals surface area contributed by atoms with Crippen molar-refractivity contribution in [1.29, 1.82) is 0 Å². The first-order valence-electron chi connectivity index (χ1n) is 5.41. The number of rotatable bonds is 5. The minimum Gasteiger partial charge on any atom is -0.369 e. The first-order chi connectivity index (χ1) is 7.91. The van der Waals surface area contributed by atoms with E-state index in [4.69, 9.17) is 11.5 Å². The number of hydrogen-bond donors (Lipinski definition) is 2. The second kappa shape index (κ2) is 6.14. The zero-order chi connectivity index (χ0) is 13.0. The maximum absolute atomic E-state index is 11.0. The van der Waals surface area contributed by atoms with Gasteiger partial charge in [-0.1, -0.05) is 28.1 Å². The molecule has 0 heterocycles. The molecule has 0 radical (unpaired) electrons. The Morgan fingerprint density at radius 3 is 2.35 bits per heavy atom. The number of nitrogens with zero attached hydrogens (tertiary/aromatic N) is 1. The van der Waals surface area contributed by atoms with Gasteiger partial charge in [0.05, 0.1) is 6.54 Å². The van der Waals surface area contributed by atoms with Crippen LogP contribution < -0.4 is 11.5 Å². The van der Waals surface area contributed by atoms with Gasteiger partial charge in [0, 0.05) is 16.6 Å². The Labute approximate surface area is 110 Å². The number of halogens is 1. The van der Waals surface area contributed by atoms with Gasteiger partial charge in [-0.2, -0.15) is 0 Å². The van der Waals surface area contributed by atoms with Gasteiger partial charge in [-0.3, -0.25) is 9.69 Å².